The fourth-order valence-corrected chi connectivity index (χ4v) is 2.82. The molecule has 0 bridgehead atoms. The maximum atomic E-state index is 5.98. The van der Waals surface area contributed by atoms with Crippen molar-refractivity contribution in [1.82, 2.24) is 5.32 Å². The van der Waals surface area contributed by atoms with E-state index >= 15 is 0 Å². The maximum Gasteiger partial charge on any atom is 0.0408 e. The lowest BCUT2D eigenvalue weighted by Crippen LogP contribution is -2.37. The normalized spacial score (nSPS) is 24.4. The van der Waals surface area contributed by atoms with Crippen molar-refractivity contribution in [3.63, 3.8) is 0 Å². The first kappa shape index (κ1) is 11.0. The van der Waals surface area contributed by atoms with Gasteiger partial charge in [-0.2, -0.15) is 0 Å². The zero-order valence-corrected chi connectivity index (χ0v) is 10.4. The molecule has 0 spiro atoms. The summed E-state index contributed by atoms with van der Waals surface area (Å²) < 4.78 is 0. The Hall–Kier alpha value is -0.530. The average Bonchev–Trinajstić information content (AvgIpc) is 2.46. The number of hydrogen-bond acceptors (Lipinski definition) is 1. The van der Waals surface area contributed by atoms with E-state index in [9.17, 15) is 0 Å². The summed E-state index contributed by atoms with van der Waals surface area (Å²) in [4.78, 5) is 0. The average molecular weight is 224 g/mol. The molecule has 1 unspecified atom stereocenters. The van der Waals surface area contributed by atoms with Crippen LogP contribution >= 0.6 is 11.6 Å². The number of benzene rings is 1. The van der Waals surface area contributed by atoms with Crippen molar-refractivity contribution in [3.05, 3.63) is 34.3 Å². The molecule has 2 heteroatoms. The molecule has 1 aromatic rings. The predicted molar refractivity (Wildman–Crippen MR) is 65.6 cm³/mol. The van der Waals surface area contributed by atoms with Gasteiger partial charge in [-0.1, -0.05) is 17.7 Å². The Labute approximate surface area is 96.8 Å². The molecule has 0 amide bonds. The molecular formula is C13H18ClN. The largest absolute Gasteiger partial charge is 0.311 e. The van der Waals surface area contributed by atoms with Crippen LogP contribution in [0.5, 0.6) is 0 Å². The molecule has 1 atom stereocenters. The van der Waals surface area contributed by atoms with Crippen LogP contribution in [0.15, 0.2) is 18.2 Å². The van der Waals surface area contributed by atoms with Crippen LogP contribution in [0, 0.1) is 6.92 Å². The predicted octanol–water partition coefficient (Wildman–Crippen LogP) is 3.50. The molecule has 1 fully saturated rings. The van der Waals surface area contributed by atoms with Gasteiger partial charge in [-0.3, -0.25) is 0 Å². The van der Waals surface area contributed by atoms with Gasteiger partial charge in [0.05, 0.1) is 0 Å². The minimum absolute atomic E-state index is 0.207. The van der Waals surface area contributed by atoms with Gasteiger partial charge in [-0.15, -0.1) is 0 Å². The van der Waals surface area contributed by atoms with E-state index in [0.29, 0.717) is 5.92 Å². The summed E-state index contributed by atoms with van der Waals surface area (Å²) in [5.74, 6) is 0.606. The van der Waals surface area contributed by atoms with Gasteiger partial charge in [0.15, 0.2) is 0 Å². The van der Waals surface area contributed by atoms with E-state index in [4.69, 9.17) is 11.6 Å². The van der Waals surface area contributed by atoms with E-state index in [2.05, 4.69) is 38.2 Å². The lowest BCUT2D eigenvalue weighted by atomic mass is 9.81. The topological polar surface area (TPSA) is 12.0 Å². The molecule has 0 saturated carbocycles. The van der Waals surface area contributed by atoms with E-state index in [-0.39, 0.29) is 5.54 Å². The molecule has 2 rings (SSSR count). The number of nitrogens with one attached hydrogen (secondary N) is 1. The summed E-state index contributed by atoms with van der Waals surface area (Å²) in [6.07, 6.45) is 1.22. The van der Waals surface area contributed by atoms with Crippen LogP contribution in [0.25, 0.3) is 0 Å². The van der Waals surface area contributed by atoms with Crippen LogP contribution in [-0.4, -0.2) is 12.1 Å². The summed E-state index contributed by atoms with van der Waals surface area (Å²) in [5.41, 5.74) is 2.96. The third-order valence-corrected chi connectivity index (χ3v) is 3.73. The van der Waals surface area contributed by atoms with E-state index in [1.165, 1.54) is 17.5 Å². The Morgan fingerprint density at radius 2 is 2.13 bits per heavy atom. The molecule has 1 nitrogen and oxygen atoms in total. The standard InChI is InChI=1S/C13H18ClN/c1-9-8-10(14)4-5-11(9)12-6-7-15-13(12,2)3/h4-5,8,12,15H,6-7H2,1-3H3. The van der Waals surface area contributed by atoms with Gasteiger partial charge in [-0.25, -0.2) is 0 Å². The van der Waals surface area contributed by atoms with Crippen LogP contribution in [0.4, 0.5) is 0 Å². The van der Waals surface area contributed by atoms with Gasteiger partial charge in [0.25, 0.3) is 0 Å². The first-order chi connectivity index (χ1) is 7.00. The smallest absolute Gasteiger partial charge is 0.0408 e. The van der Waals surface area contributed by atoms with Crippen LogP contribution < -0.4 is 5.32 Å². The summed E-state index contributed by atoms with van der Waals surface area (Å²) in [6.45, 7) is 7.81. The van der Waals surface area contributed by atoms with Crippen molar-refractivity contribution in [3.8, 4) is 0 Å². The van der Waals surface area contributed by atoms with Crippen LogP contribution in [0.3, 0.4) is 0 Å². The zero-order valence-electron chi connectivity index (χ0n) is 9.60. The second-order valence-electron chi connectivity index (χ2n) is 4.99. The molecule has 1 aliphatic heterocycles. The van der Waals surface area contributed by atoms with Crippen molar-refractivity contribution in [2.24, 2.45) is 0 Å². The number of halogens is 1. The molecule has 1 saturated heterocycles. The quantitative estimate of drug-likeness (QED) is 0.769. The minimum atomic E-state index is 0.207. The van der Waals surface area contributed by atoms with Crippen molar-refractivity contribution >= 4 is 11.6 Å². The van der Waals surface area contributed by atoms with Gasteiger partial charge in [0.2, 0.25) is 0 Å². The number of rotatable bonds is 1. The van der Waals surface area contributed by atoms with E-state index in [0.717, 1.165) is 11.6 Å². The fraction of sp³-hybridized carbons (Fsp3) is 0.538. The van der Waals surface area contributed by atoms with Gasteiger partial charge in [0.1, 0.15) is 0 Å². The van der Waals surface area contributed by atoms with Crippen LogP contribution in [0.1, 0.15) is 37.3 Å². The maximum absolute atomic E-state index is 5.98. The second-order valence-corrected chi connectivity index (χ2v) is 5.43. The Balaban J connectivity index is 2.37. The monoisotopic (exact) mass is 223 g/mol. The van der Waals surface area contributed by atoms with Gasteiger partial charge in [-0.05, 0) is 57.0 Å². The van der Waals surface area contributed by atoms with Crippen LogP contribution in [0.2, 0.25) is 5.02 Å². The van der Waals surface area contributed by atoms with E-state index in [1.807, 2.05) is 6.07 Å². The minimum Gasteiger partial charge on any atom is -0.311 e. The fourth-order valence-electron chi connectivity index (χ4n) is 2.60. The first-order valence-corrected chi connectivity index (χ1v) is 5.89. The summed E-state index contributed by atoms with van der Waals surface area (Å²) >= 11 is 5.98. The highest BCUT2D eigenvalue weighted by Gasteiger charge is 2.35. The van der Waals surface area contributed by atoms with E-state index < -0.39 is 0 Å². The molecule has 1 aromatic carbocycles. The molecule has 82 valence electrons. The SMILES string of the molecule is Cc1cc(Cl)ccc1C1CCNC1(C)C. The molecule has 1 N–H and O–H groups in total. The lowest BCUT2D eigenvalue weighted by molar-refractivity contribution is 0.410. The highest BCUT2D eigenvalue weighted by molar-refractivity contribution is 6.30. The second kappa shape index (κ2) is 3.80. The van der Waals surface area contributed by atoms with Gasteiger partial charge in [0, 0.05) is 16.5 Å². The molecule has 1 aliphatic rings. The van der Waals surface area contributed by atoms with E-state index in [1.54, 1.807) is 0 Å². The lowest BCUT2D eigenvalue weighted by Gasteiger charge is -2.28. The van der Waals surface area contributed by atoms with Crippen molar-refractivity contribution < 1.29 is 0 Å². The Bertz CT molecular complexity index is 371. The molecular weight excluding hydrogens is 206 g/mol. The van der Waals surface area contributed by atoms with Crippen molar-refractivity contribution in [1.29, 1.82) is 0 Å². The first-order valence-electron chi connectivity index (χ1n) is 5.52. The van der Waals surface area contributed by atoms with Crippen molar-refractivity contribution in [2.45, 2.75) is 38.6 Å². The van der Waals surface area contributed by atoms with Crippen molar-refractivity contribution in [2.75, 3.05) is 6.54 Å². The van der Waals surface area contributed by atoms with Gasteiger partial charge < -0.3 is 5.32 Å². The molecule has 1 heterocycles. The third-order valence-electron chi connectivity index (χ3n) is 3.49. The summed E-state index contributed by atoms with van der Waals surface area (Å²) in [7, 11) is 0. The summed E-state index contributed by atoms with van der Waals surface area (Å²) in [6, 6.07) is 6.24. The van der Waals surface area contributed by atoms with Crippen LogP contribution in [-0.2, 0) is 0 Å². The van der Waals surface area contributed by atoms with Gasteiger partial charge >= 0.3 is 0 Å². The Kier molecular flexibility index (Phi) is 2.78. The third kappa shape index (κ3) is 2.04. The Morgan fingerprint density at radius 1 is 1.40 bits per heavy atom. The highest BCUT2D eigenvalue weighted by atomic mass is 35.5. The molecule has 0 radical (unpaired) electrons. The molecule has 0 aliphatic carbocycles. The summed E-state index contributed by atoms with van der Waals surface area (Å²) in [5, 5.41) is 4.39. The molecule has 15 heavy (non-hydrogen) atoms. The zero-order chi connectivity index (χ0) is 11.1. The Morgan fingerprint density at radius 3 is 2.67 bits per heavy atom. The number of aryl methyl sites for hydroxylation is 1. The number of hydrogen-bond donors (Lipinski definition) is 1. The highest BCUT2D eigenvalue weighted by Crippen LogP contribution is 2.37. The molecule has 0 aromatic heterocycles.